The molecular formula is C16H18ClNO2S. The topological polar surface area (TPSA) is 40.5 Å². The molecule has 2 aliphatic rings. The molecular weight excluding hydrogens is 306 g/mol. The summed E-state index contributed by atoms with van der Waals surface area (Å²) in [5.41, 5.74) is 1.62. The Morgan fingerprint density at radius 1 is 1.43 bits per heavy atom. The van der Waals surface area contributed by atoms with Crippen LogP contribution in [-0.4, -0.2) is 27.7 Å². The van der Waals surface area contributed by atoms with Crippen molar-refractivity contribution in [2.45, 2.75) is 32.1 Å². The van der Waals surface area contributed by atoms with Crippen molar-refractivity contribution in [3.8, 4) is 5.75 Å². The standard InChI is InChI=1S/C16H18ClNO2S/c1-9-10(2)21-16-12(4-3-7-18(9)16)15(20)13-8-11(17)5-6-14(13)19/h5-6,8,12,16,19H,3-4,7H2,1-2H3. The molecule has 0 spiro atoms. The van der Waals surface area contributed by atoms with E-state index in [1.165, 1.54) is 16.7 Å². The van der Waals surface area contributed by atoms with Crippen LogP contribution < -0.4 is 0 Å². The summed E-state index contributed by atoms with van der Waals surface area (Å²) in [6.45, 7) is 5.23. The number of ketones is 1. The highest BCUT2D eigenvalue weighted by molar-refractivity contribution is 8.03. The molecule has 2 heterocycles. The number of rotatable bonds is 2. The van der Waals surface area contributed by atoms with E-state index in [0.29, 0.717) is 10.6 Å². The zero-order chi connectivity index (χ0) is 15.1. The average molecular weight is 324 g/mol. The van der Waals surface area contributed by atoms with E-state index in [9.17, 15) is 9.90 Å². The van der Waals surface area contributed by atoms with Crippen LogP contribution in [0.4, 0.5) is 0 Å². The molecule has 1 N–H and O–H groups in total. The number of carbonyl (C=O) groups is 1. The van der Waals surface area contributed by atoms with Gasteiger partial charge in [-0.1, -0.05) is 11.6 Å². The van der Waals surface area contributed by atoms with Crippen molar-refractivity contribution in [1.82, 2.24) is 4.90 Å². The monoisotopic (exact) mass is 323 g/mol. The van der Waals surface area contributed by atoms with Gasteiger partial charge < -0.3 is 10.0 Å². The average Bonchev–Trinajstić information content (AvgIpc) is 2.76. The highest BCUT2D eigenvalue weighted by Gasteiger charge is 2.41. The molecule has 2 unspecified atom stereocenters. The number of piperidine rings is 1. The predicted molar refractivity (Wildman–Crippen MR) is 86.6 cm³/mol. The van der Waals surface area contributed by atoms with Crippen molar-refractivity contribution >= 4 is 29.1 Å². The maximum absolute atomic E-state index is 12.9. The van der Waals surface area contributed by atoms with Gasteiger partial charge in [0.25, 0.3) is 0 Å². The molecule has 1 fully saturated rings. The first-order valence-electron chi connectivity index (χ1n) is 7.12. The molecule has 1 aromatic carbocycles. The van der Waals surface area contributed by atoms with Gasteiger partial charge >= 0.3 is 0 Å². The van der Waals surface area contributed by atoms with E-state index in [2.05, 4.69) is 18.7 Å². The molecule has 3 rings (SSSR count). The molecule has 0 aromatic heterocycles. The Bertz CT molecular complexity index is 629. The minimum absolute atomic E-state index is 0.000278. The summed E-state index contributed by atoms with van der Waals surface area (Å²) in [6, 6.07) is 4.67. The summed E-state index contributed by atoms with van der Waals surface area (Å²) in [5.74, 6) is -0.0776. The zero-order valence-corrected chi connectivity index (χ0v) is 13.7. The number of allylic oxidation sites excluding steroid dienone is 2. The maximum atomic E-state index is 12.9. The molecule has 1 aromatic rings. The number of nitrogens with zero attached hydrogens (tertiary/aromatic N) is 1. The predicted octanol–water partition coefficient (Wildman–Crippen LogP) is 4.26. The Hall–Kier alpha value is -1.13. The Labute approximate surface area is 134 Å². The number of phenols is 1. The van der Waals surface area contributed by atoms with E-state index in [0.717, 1.165) is 19.4 Å². The Morgan fingerprint density at radius 3 is 2.95 bits per heavy atom. The number of hydrogen-bond acceptors (Lipinski definition) is 4. The van der Waals surface area contributed by atoms with Crippen molar-refractivity contribution in [2.75, 3.05) is 6.54 Å². The van der Waals surface area contributed by atoms with E-state index in [-0.39, 0.29) is 22.8 Å². The summed E-state index contributed by atoms with van der Waals surface area (Å²) in [7, 11) is 0. The van der Waals surface area contributed by atoms with Gasteiger partial charge in [0.2, 0.25) is 0 Å². The number of halogens is 1. The fourth-order valence-electron chi connectivity index (χ4n) is 3.11. The highest BCUT2D eigenvalue weighted by atomic mass is 35.5. The van der Waals surface area contributed by atoms with Gasteiger partial charge in [0, 0.05) is 22.2 Å². The summed E-state index contributed by atoms with van der Waals surface area (Å²) in [6.07, 6.45) is 1.86. The lowest BCUT2D eigenvalue weighted by Crippen LogP contribution is -2.42. The van der Waals surface area contributed by atoms with Crippen LogP contribution in [0.25, 0.3) is 0 Å². The van der Waals surface area contributed by atoms with Crippen molar-refractivity contribution in [3.63, 3.8) is 0 Å². The number of Topliss-reactive ketones (excluding diaryl/α,β-unsaturated/α-hetero) is 1. The molecule has 0 bridgehead atoms. The van der Waals surface area contributed by atoms with E-state index in [1.54, 1.807) is 23.9 Å². The minimum atomic E-state index is -0.0967. The van der Waals surface area contributed by atoms with E-state index in [4.69, 9.17) is 11.6 Å². The minimum Gasteiger partial charge on any atom is -0.507 e. The molecule has 0 saturated carbocycles. The third-order valence-corrected chi connectivity index (χ3v) is 6.07. The van der Waals surface area contributed by atoms with E-state index >= 15 is 0 Å². The van der Waals surface area contributed by atoms with Crippen LogP contribution in [0.1, 0.15) is 37.0 Å². The SMILES string of the molecule is CC1=C(C)N2CCCC(C(=O)c3cc(Cl)ccc3O)C2S1. The first-order valence-corrected chi connectivity index (χ1v) is 8.38. The summed E-state index contributed by atoms with van der Waals surface area (Å²) in [4.78, 5) is 16.5. The first kappa shape index (κ1) is 14.8. The van der Waals surface area contributed by atoms with Crippen molar-refractivity contribution in [1.29, 1.82) is 0 Å². The second-order valence-electron chi connectivity index (χ2n) is 5.62. The first-order chi connectivity index (χ1) is 9.99. The number of carbonyl (C=O) groups excluding carboxylic acids is 1. The Kier molecular flexibility index (Phi) is 3.93. The van der Waals surface area contributed by atoms with Crippen LogP contribution in [0.5, 0.6) is 5.75 Å². The van der Waals surface area contributed by atoms with E-state index in [1.807, 2.05) is 0 Å². The fourth-order valence-corrected chi connectivity index (χ4v) is 4.74. The van der Waals surface area contributed by atoms with Gasteiger partial charge in [0.05, 0.1) is 16.9 Å². The quantitative estimate of drug-likeness (QED) is 0.825. The van der Waals surface area contributed by atoms with Crippen molar-refractivity contribution in [2.24, 2.45) is 5.92 Å². The van der Waals surface area contributed by atoms with Gasteiger partial charge in [-0.2, -0.15) is 0 Å². The largest absolute Gasteiger partial charge is 0.507 e. The summed E-state index contributed by atoms with van der Waals surface area (Å²) in [5, 5.41) is 10.6. The third-order valence-electron chi connectivity index (χ3n) is 4.36. The van der Waals surface area contributed by atoms with Gasteiger partial charge in [-0.15, -0.1) is 11.8 Å². The van der Waals surface area contributed by atoms with Gasteiger partial charge in [-0.3, -0.25) is 4.79 Å². The van der Waals surface area contributed by atoms with Crippen molar-refractivity contribution in [3.05, 3.63) is 39.4 Å². The fraction of sp³-hybridized carbons (Fsp3) is 0.438. The lowest BCUT2D eigenvalue weighted by atomic mass is 9.89. The molecule has 3 nitrogen and oxygen atoms in total. The Morgan fingerprint density at radius 2 is 2.19 bits per heavy atom. The van der Waals surface area contributed by atoms with Crippen LogP contribution in [0.2, 0.25) is 5.02 Å². The molecule has 0 amide bonds. The molecule has 0 aliphatic carbocycles. The van der Waals surface area contributed by atoms with Crippen LogP contribution in [-0.2, 0) is 0 Å². The zero-order valence-electron chi connectivity index (χ0n) is 12.1. The lowest BCUT2D eigenvalue weighted by Gasteiger charge is -2.37. The van der Waals surface area contributed by atoms with Gasteiger partial charge in [0.15, 0.2) is 5.78 Å². The number of hydrogen-bond donors (Lipinski definition) is 1. The molecule has 2 aliphatic heterocycles. The normalized spacial score (nSPS) is 25.2. The molecule has 5 heteroatoms. The Balaban J connectivity index is 1.90. The van der Waals surface area contributed by atoms with Crippen LogP contribution in [0.15, 0.2) is 28.8 Å². The molecule has 21 heavy (non-hydrogen) atoms. The number of thioether (sulfide) groups is 1. The summed E-state index contributed by atoms with van der Waals surface area (Å²) < 4.78 is 0. The van der Waals surface area contributed by atoms with Gasteiger partial charge in [-0.05, 0) is 44.9 Å². The number of phenolic OH excluding ortho intramolecular Hbond substituents is 1. The van der Waals surface area contributed by atoms with Crippen LogP contribution in [0.3, 0.4) is 0 Å². The molecule has 1 saturated heterocycles. The van der Waals surface area contributed by atoms with Crippen molar-refractivity contribution < 1.29 is 9.90 Å². The maximum Gasteiger partial charge on any atom is 0.172 e. The number of aromatic hydroxyl groups is 1. The lowest BCUT2D eigenvalue weighted by molar-refractivity contribution is 0.0825. The summed E-state index contributed by atoms with van der Waals surface area (Å²) >= 11 is 7.74. The third kappa shape index (κ3) is 2.55. The molecule has 2 atom stereocenters. The second kappa shape index (κ2) is 5.58. The second-order valence-corrected chi connectivity index (χ2v) is 7.39. The van der Waals surface area contributed by atoms with Crippen LogP contribution in [0, 0.1) is 5.92 Å². The number of fused-ring (bicyclic) bond motifs is 1. The van der Waals surface area contributed by atoms with E-state index < -0.39 is 0 Å². The smallest absolute Gasteiger partial charge is 0.172 e. The van der Waals surface area contributed by atoms with Gasteiger partial charge in [0.1, 0.15) is 5.75 Å². The highest BCUT2D eigenvalue weighted by Crippen LogP contribution is 2.46. The number of benzene rings is 1. The van der Waals surface area contributed by atoms with Gasteiger partial charge in [-0.25, -0.2) is 0 Å². The molecule has 0 radical (unpaired) electrons. The van der Waals surface area contributed by atoms with Crippen LogP contribution >= 0.6 is 23.4 Å². The molecule has 112 valence electrons.